The molecule has 2 aromatic rings. The van der Waals surface area contributed by atoms with Crippen LogP contribution in [0.1, 0.15) is 73.0 Å². The number of hydrogen-bond donors (Lipinski definition) is 1. The first-order valence-corrected chi connectivity index (χ1v) is 8.83. The first-order valence-electron chi connectivity index (χ1n) is 7.95. The van der Waals surface area contributed by atoms with Gasteiger partial charge in [0.1, 0.15) is 0 Å². The molecule has 2 aliphatic rings. The molecule has 21 heavy (non-hydrogen) atoms. The third-order valence-corrected chi connectivity index (χ3v) is 5.98. The number of thiophene rings is 1. The van der Waals surface area contributed by atoms with E-state index in [-0.39, 0.29) is 11.5 Å². The van der Waals surface area contributed by atoms with Crippen LogP contribution in [0.2, 0.25) is 0 Å². The maximum Gasteiger partial charge on any atom is 0.234 e. The lowest BCUT2D eigenvalue weighted by molar-refractivity contribution is 0.272. The minimum absolute atomic E-state index is 0.272. The summed E-state index contributed by atoms with van der Waals surface area (Å²) in [6.45, 7) is 0. The van der Waals surface area contributed by atoms with Crippen molar-refractivity contribution in [2.24, 2.45) is 5.73 Å². The molecule has 1 fully saturated rings. The van der Waals surface area contributed by atoms with Crippen molar-refractivity contribution in [3.05, 3.63) is 33.6 Å². The quantitative estimate of drug-likeness (QED) is 0.918. The molecule has 0 saturated heterocycles. The highest BCUT2D eigenvalue weighted by Gasteiger charge is 2.36. The Bertz CT molecular complexity index is 627. The van der Waals surface area contributed by atoms with Crippen LogP contribution >= 0.6 is 11.3 Å². The largest absolute Gasteiger partial charge is 0.339 e. The van der Waals surface area contributed by atoms with Crippen molar-refractivity contribution < 1.29 is 4.52 Å². The van der Waals surface area contributed by atoms with E-state index in [4.69, 9.17) is 15.2 Å². The highest BCUT2D eigenvalue weighted by atomic mass is 32.1. The van der Waals surface area contributed by atoms with Crippen LogP contribution in [0.3, 0.4) is 0 Å². The normalized spacial score (nSPS) is 24.7. The standard InChI is InChI=1S/C16H21N3OS/c17-16(8-2-1-3-9-16)15-18-14(20-19-15)12-5-4-6-13-11(12)7-10-21-13/h7,10,12H,1-6,8-9,17H2. The molecule has 0 aliphatic heterocycles. The van der Waals surface area contributed by atoms with Crippen LogP contribution in [-0.2, 0) is 12.0 Å². The molecule has 0 spiro atoms. The third kappa shape index (κ3) is 2.32. The highest BCUT2D eigenvalue weighted by Crippen LogP contribution is 2.40. The van der Waals surface area contributed by atoms with E-state index in [1.54, 1.807) is 0 Å². The Labute approximate surface area is 128 Å². The molecule has 2 aliphatic carbocycles. The number of aryl methyl sites for hydroxylation is 1. The van der Waals surface area contributed by atoms with Crippen molar-refractivity contribution in [2.45, 2.75) is 62.8 Å². The fourth-order valence-electron chi connectivity index (χ4n) is 3.73. The van der Waals surface area contributed by atoms with Gasteiger partial charge >= 0.3 is 0 Å². The lowest BCUT2D eigenvalue weighted by Crippen LogP contribution is -2.39. The van der Waals surface area contributed by atoms with Gasteiger partial charge in [-0.3, -0.25) is 0 Å². The van der Waals surface area contributed by atoms with Gasteiger partial charge in [0.05, 0.1) is 11.5 Å². The molecule has 1 unspecified atom stereocenters. The summed E-state index contributed by atoms with van der Waals surface area (Å²) in [5, 5.41) is 6.41. The molecule has 1 saturated carbocycles. The van der Waals surface area contributed by atoms with E-state index >= 15 is 0 Å². The van der Waals surface area contributed by atoms with Crippen molar-refractivity contribution in [1.82, 2.24) is 10.1 Å². The summed E-state index contributed by atoms with van der Waals surface area (Å²) in [7, 11) is 0. The Morgan fingerprint density at radius 3 is 2.95 bits per heavy atom. The number of rotatable bonds is 2. The van der Waals surface area contributed by atoms with Crippen molar-refractivity contribution in [2.75, 3.05) is 0 Å². The van der Waals surface area contributed by atoms with Gasteiger partial charge in [-0.2, -0.15) is 4.98 Å². The predicted molar refractivity (Wildman–Crippen MR) is 82.3 cm³/mol. The molecule has 4 rings (SSSR count). The number of nitrogens with two attached hydrogens (primary N) is 1. The number of nitrogens with zero attached hydrogens (tertiary/aromatic N) is 2. The molecule has 2 heterocycles. The van der Waals surface area contributed by atoms with Crippen molar-refractivity contribution in [3.63, 3.8) is 0 Å². The Kier molecular flexibility index (Phi) is 3.34. The summed E-state index contributed by atoms with van der Waals surface area (Å²) in [5.41, 5.74) is 7.53. The first-order chi connectivity index (χ1) is 10.3. The molecule has 0 aromatic carbocycles. The molecule has 0 bridgehead atoms. The predicted octanol–water partition coefficient (Wildman–Crippen LogP) is 3.72. The zero-order chi connectivity index (χ0) is 14.3. The SMILES string of the molecule is NC1(c2noc(C3CCCc4sccc43)n2)CCCCC1. The van der Waals surface area contributed by atoms with Gasteiger partial charge in [0, 0.05) is 4.88 Å². The minimum atomic E-state index is -0.369. The molecule has 2 aromatic heterocycles. The monoisotopic (exact) mass is 303 g/mol. The van der Waals surface area contributed by atoms with E-state index in [1.807, 2.05) is 11.3 Å². The maximum absolute atomic E-state index is 6.51. The topological polar surface area (TPSA) is 64.9 Å². The van der Waals surface area contributed by atoms with Crippen LogP contribution in [-0.4, -0.2) is 10.1 Å². The van der Waals surface area contributed by atoms with Gasteiger partial charge < -0.3 is 10.3 Å². The van der Waals surface area contributed by atoms with E-state index in [2.05, 4.69) is 16.6 Å². The molecule has 5 heteroatoms. The van der Waals surface area contributed by atoms with Crippen LogP contribution in [0.4, 0.5) is 0 Å². The lowest BCUT2D eigenvalue weighted by atomic mass is 9.82. The zero-order valence-corrected chi connectivity index (χ0v) is 13.0. The summed E-state index contributed by atoms with van der Waals surface area (Å²) in [5.74, 6) is 1.76. The Balaban J connectivity index is 1.64. The molecule has 2 N–H and O–H groups in total. The van der Waals surface area contributed by atoms with E-state index in [1.165, 1.54) is 42.5 Å². The van der Waals surface area contributed by atoms with Crippen molar-refractivity contribution >= 4 is 11.3 Å². The zero-order valence-electron chi connectivity index (χ0n) is 12.2. The lowest BCUT2D eigenvalue weighted by Gasteiger charge is -2.29. The average molecular weight is 303 g/mol. The second-order valence-corrected chi connectivity index (χ2v) is 7.42. The van der Waals surface area contributed by atoms with Gasteiger partial charge in [0.2, 0.25) is 5.89 Å². The molecule has 0 radical (unpaired) electrons. The number of fused-ring (bicyclic) bond motifs is 1. The number of aromatic nitrogens is 2. The van der Waals surface area contributed by atoms with Crippen LogP contribution < -0.4 is 5.73 Å². The van der Waals surface area contributed by atoms with Gasteiger partial charge in [-0.15, -0.1) is 11.3 Å². The summed E-state index contributed by atoms with van der Waals surface area (Å²) in [6, 6.07) is 2.21. The Hall–Kier alpha value is -1.20. The van der Waals surface area contributed by atoms with Crippen LogP contribution in [0, 0.1) is 0 Å². The van der Waals surface area contributed by atoms with E-state index in [9.17, 15) is 0 Å². The van der Waals surface area contributed by atoms with Crippen molar-refractivity contribution in [3.8, 4) is 0 Å². The average Bonchev–Trinajstić information content (AvgIpc) is 3.17. The van der Waals surface area contributed by atoms with E-state index in [0.29, 0.717) is 0 Å². The van der Waals surface area contributed by atoms with Gasteiger partial charge in [-0.05, 0) is 49.1 Å². The Morgan fingerprint density at radius 1 is 1.24 bits per heavy atom. The molecule has 112 valence electrons. The van der Waals surface area contributed by atoms with Crippen molar-refractivity contribution in [1.29, 1.82) is 0 Å². The smallest absolute Gasteiger partial charge is 0.234 e. The summed E-state index contributed by atoms with van der Waals surface area (Å²) < 4.78 is 5.61. The third-order valence-electron chi connectivity index (χ3n) is 4.98. The van der Waals surface area contributed by atoms with Gasteiger partial charge in [-0.25, -0.2) is 0 Å². The summed E-state index contributed by atoms with van der Waals surface area (Å²) in [6.07, 6.45) is 9.03. The summed E-state index contributed by atoms with van der Waals surface area (Å²) >= 11 is 1.84. The molecular formula is C16H21N3OS. The van der Waals surface area contributed by atoms with E-state index < -0.39 is 0 Å². The van der Waals surface area contributed by atoms with E-state index in [0.717, 1.165) is 31.0 Å². The highest BCUT2D eigenvalue weighted by molar-refractivity contribution is 7.10. The fourth-order valence-corrected chi connectivity index (χ4v) is 4.72. The fraction of sp³-hybridized carbons (Fsp3) is 0.625. The number of hydrogen-bond acceptors (Lipinski definition) is 5. The maximum atomic E-state index is 6.51. The van der Waals surface area contributed by atoms with Crippen LogP contribution in [0.25, 0.3) is 0 Å². The Morgan fingerprint density at radius 2 is 2.10 bits per heavy atom. The molecule has 1 atom stereocenters. The molecular weight excluding hydrogens is 282 g/mol. The molecule has 0 amide bonds. The summed E-state index contributed by atoms with van der Waals surface area (Å²) in [4.78, 5) is 6.19. The minimum Gasteiger partial charge on any atom is -0.339 e. The first kappa shape index (κ1) is 13.5. The van der Waals surface area contributed by atoms with Gasteiger partial charge in [0.15, 0.2) is 5.82 Å². The second-order valence-electron chi connectivity index (χ2n) is 6.42. The van der Waals surface area contributed by atoms with Crippen LogP contribution in [0.5, 0.6) is 0 Å². The van der Waals surface area contributed by atoms with Gasteiger partial charge in [0.25, 0.3) is 0 Å². The molecule has 4 nitrogen and oxygen atoms in total. The second kappa shape index (κ2) is 5.21. The van der Waals surface area contributed by atoms with Gasteiger partial charge in [-0.1, -0.05) is 24.4 Å². The van der Waals surface area contributed by atoms with Crippen LogP contribution in [0.15, 0.2) is 16.0 Å².